The van der Waals surface area contributed by atoms with Gasteiger partial charge in [0.25, 0.3) is 0 Å². The first-order valence-electron chi connectivity index (χ1n) is 5.30. The van der Waals surface area contributed by atoms with E-state index < -0.39 is 5.97 Å². The minimum Gasteiger partial charge on any atom is -0.480 e. The van der Waals surface area contributed by atoms with E-state index in [1.54, 1.807) is 11.3 Å². The summed E-state index contributed by atoms with van der Waals surface area (Å²) in [5.41, 5.74) is 7.00. The molecule has 1 aromatic heterocycles. The monoisotopic (exact) mass is 329 g/mol. The van der Waals surface area contributed by atoms with E-state index in [-0.39, 0.29) is 19.3 Å². The highest BCUT2D eigenvalue weighted by Gasteiger charge is 2.13. The molecule has 0 aliphatic heterocycles. The minimum atomic E-state index is -0.986. The highest BCUT2D eigenvalue weighted by molar-refractivity contribution is 9.10. The molecule has 3 N–H and O–H groups in total. The molecule has 2 aromatic rings. The fourth-order valence-corrected chi connectivity index (χ4v) is 3.38. The van der Waals surface area contributed by atoms with E-state index in [1.807, 2.05) is 23.6 Å². The molecule has 0 aliphatic rings. The normalized spacial score (nSPS) is 12.8. The molecule has 0 fully saturated rings. The molecule has 1 aromatic carbocycles. The number of fused-ring (bicyclic) bond motifs is 1. The number of ether oxygens (including phenoxy) is 1. The van der Waals surface area contributed by atoms with Gasteiger partial charge < -0.3 is 15.6 Å². The summed E-state index contributed by atoms with van der Waals surface area (Å²) in [4.78, 5) is 10.4. The number of hydrogen-bond acceptors (Lipinski definition) is 4. The molecule has 2 rings (SSSR count). The molecule has 1 unspecified atom stereocenters. The van der Waals surface area contributed by atoms with Gasteiger partial charge in [-0.05, 0) is 38.3 Å². The Morgan fingerprint density at radius 2 is 2.33 bits per heavy atom. The third-order valence-electron chi connectivity index (χ3n) is 2.50. The first kappa shape index (κ1) is 13.5. The van der Waals surface area contributed by atoms with Gasteiger partial charge in [0.2, 0.25) is 0 Å². The lowest BCUT2D eigenvalue weighted by Gasteiger charge is -2.10. The minimum absolute atomic E-state index is 0.199. The summed E-state index contributed by atoms with van der Waals surface area (Å²) in [6.45, 7) is -0.121. The second kappa shape index (κ2) is 5.79. The quantitative estimate of drug-likeness (QED) is 0.884. The maximum absolute atomic E-state index is 10.4. The number of carboxylic acid groups (broad SMARTS) is 1. The molecule has 0 saturated carbocycles. The molecule has 6 heteroatoms. The standard InChI is InChI=1S/C12H12BrNO3S/c13-9-3-1-2-7-8(6-18-12(7)9)10(14)4-17-5-11(15)16/h1-3,6,10H,4-5,14H2,(H,15,16). The van der Waals surface area contributed by atoms with Crippen molar-refractivity contribution in [2.45, 2.75) is 6.04 Å². The highest BCUT2D eigenvalue weighted by Crippen LogP contribution is 2.34. The Morgan fingerprint density at radius 3 is 3.06 bits per heavy atom. The lowest BCUT2D eigenvalue weighted by atomic mass is 10.1. The molecule has 1 atom stereocenters. The van der Waals surface area contributed by atoms with Crippen molar-refractivity contribution in [3.8, 4) is 0 Å². The number of halogens is 1. The van der Waals surface area contributed by atoms with Crippen molar-refractivity contribution >= 4 is 43.3 Å². The second-order valence-electron chi connectivity index (χ2n) is 3.82. The molecule has 0 amide bonds. The average molecular weight is 330 g/mol. The Balaban J connectivity index is 2.15. The Hall–Kier alpha value is -0.950. The van der Waals surface area contributed by atoms with Crippen LogP contribution in [0.4, 0.5) is 0 Å². The molecule has 18 heavy (non-hydrogen) atoms. The molecular formula is C12H12BrNO3S. The van der Waals surface area contributed by atoms with Crippen LogP contribution in [0.5, 0.6) is 0 Å². The van der Waals surface area contributed by atoms with E-state index in [9.17, 15) is 4.79 Å². The Bertz CT molecular complexity index is 569. The molecule has 0 bridgehead atoms. The van der Waals surface area contributed by atoms with Gasteiger partial charge in [0.05, 0.1) is 12.6 Å². The highest BCUT2D eigenvalue weighted by atomic mass is 79.9. The molecular weight excluding hydrogens is 318 g/mol. The number of benzene rings is 1. The van der Waals surface area contributed by atoms with E-state index in [4.69, 9.17) is 15.6 Å². The van der Waals surface area contributed by atoms with Crippen LogP contribution in [-0.2, 0) is 9.53 Å². The van der Waals surface area contributed by atoms with Crippen LogP contribution in [-0.4, -0.2) is 24.3 Å². The fourth-order valence-electron chi connectivity index (χ4n) is 1.69. The first-order valence-corrected chi connectivity index (χ1v) is 6.97. The van der Waals surface area contributed by atoms with E-state index >= 15 is 0 Å². The molecule has 0 radical (unpaired) electrons. The predicted molar refractivity (Wildman–Crippen MR) is 74.9 cm³/mol. The van der Waals surface area contributed by atoms with Gasteiger partial charge in [0, 0.05) is 9.17 Å². The fraction of sp³-hybridized carbons (Fsp3) is 0.250. The summed E-state index contributed by atoms with van der Waals surface area (Å²) in [6.07, 6.45) is 0. The summed E-state index contributed by atoms with van der Waals surface area (Å²) in [5.74, 6) is -0.986. The van der Waals surface area contributed by atoms with Crippen LogP contribution in [0, 0.1) is 0 Å². The van der Waals surface area contributed by atoms with Gasteiger partial charge in [-0.3, -0.25) is 0 Å². The van der Waals surface area contributed by atoms with Gasteiger partial charge >= 0.3 is 5.97 Å². The Labute approximate surface area is 116 Å². The number of hydrogen-bond donors (Lipinski definition) is 2. The number of aliphatic carboxylic acids is 1. The largest absolute Gasteiger partial charge is 0.480 e. The number of thiophene rings is 1. The molecule has 0 spiro atoms. The maximum Gasteiger partial charge on any atom is 0.329 e. The smallest absolute Gasteiger partial charge is 0.329 e. The lowest BCUT2D eigenvalue weighted by molar-refractivity contribution is -0.142. The lowest BCUT2D eigenvalue weighted by Crippen LogP contribution is -2.19. The van der Waals surface area contributed by atoms with Crippen molar-refractivity contribution in [2.24, 2.45) is 5.73 Å². The summed E-state index contributed by atoms with van der Waals surface area (Å²) >= 11 is 5.10. The van der Waals surface area contributed by atoms with Crippen LogP contribution < -0.4 is 5.73 Å². The summed E-state index contributed by atoms with van der Waals surface area (Å²) < 4.78 is 7.21. The van der Waals surface area contributed by atoms with Crippen molar-refractivity contribution in [3.05, 3.63) is 33.6 Å². The van der Waals surface area contributed by atoms with Crippen LogP contribution >= 0.6 is 27.3 Å². The Morgan fingerprint density at radius 1 is 1.56 bits per heavy atom. The second-order valence-corrected chi connectivity index (χ2v) is 5.56. The van der Waals surface area contributed by atoms with Gasteiger partial charge in [0.15, 0.2) is 0 Å². The van der Waals surface area contributed by atoms with E-state index in [0.717, 1.165) is 20.1 Å². The van der Waals surface area contributed by atoms with Gasteiger partial charge in [-0.15, -0.1) is 11.3 Å². The number of rotatable bonds is 5. The maximum atomic E-state index is 10.4. The summed E-state index contributed by atoms with van der Waals surface area (Å²) in [5, 5.41) is 11.6. The van der Waals surface area contributed by atoms with E-state index in [1.165, 1.54) is 0 Å². The van der Waals surface area contributed by atoms with Crippen LogP contribution in [0.3, 0.4) is 0 Å². The van der Waals surface area contributed by atoms with Crippen molar-refractivity contribution in [2.75, 3.05) is 13.2 Å². The average Bonchev–Trinajstić information content (AvgIpc) is 2.73. The van der Waals surface area contributed by atoms with Crippen molar-refractivity contribution in [1.82, 2.24) is 0 Å². The number of carboxylic acids is 1. The SMILES string of the molecule is NC(COCC(=O)O)c1csc2c(Br)cccc12. The molecule has 1 heterocycles. The first-order chi connectivity index (χ1) is 8.59. The van der Waals surface area contributed by atoms with Crippen molar-refractivity contribution < 1.29 is 14.6 Å². The molecule has 4 nitrogen and oxygen atoms in total. The summed E-state index contributed by atoms with van der Waals surface area (Å²) in [7, 11) is 0. The molecule has 0 aliphatic carbocycles. The Kier molecular flexibility index (Phi) is 4.34. The zero-order chi connectivity index (χ0) is 13.1. The predicted octanol–water partition coefficient (Wildman–Crippen LogP) is 2.76. The van der Waals surface area contributed by atoms with Crippen LogP contribution in [0.2, 0.25) is 0 Å². The van der Waals surface area contributed by atoms with Crippen molar-refractivity contribution in [1.29, 1.82) is 0 Å². The van der Waals surface area contributed by atoms with Crippen molar-refractivity contribution in [3.63, 3.8) is 0 Å². The zero-order valence-corrected chi connectivity index (χ0v) is 11.8. The molecule has 0 saturated heterocycles. The van der Waals surface area contributed by atoms with Crippen LogP contribution in [0.25, 0.3) is 10.1 Å². The zero-order valence-electron chi connectivity index (χ0n) is 9.43. The van der Waals surface area contributed by atoms with E-state index in [2.05, 4.69) is 15.9 Å². The number of carbonyl (C=O) groups is 1. The third kappa shape index (κ3) is 2.89. The van der Waals surface area contributed by atoms with Gasteiger partial charge in [-0.2, -0.15) is 0 Å². The topological polar surface area (TPSA) is 72.5 Å². The molecule has 96 valence electrons. The van der Waals surface area contributed by atoms with Gasteiger partial charge in [-0.1, -0.05) is 12.1 Å². The van der Waals surface area contributed by atoms with E-state index in [0.29, 0.717) is 0 Å². The van der Waals surface area contributed by atoms with Crippen LogP contribution in [0.15, 0.2) is 28.1 Å². The van der Waals surface area contributed by atoms with Crippen LogP contribution in [0.1, 0.15) is 11.6 Å². The van der Waals surface area contributed by atoms with Gasteiger partial charge in [-0.25, -0.2) is 4.79 Å². The van der Waals surface area contributed by atoms with Gasteiger partial charge in [0.1, 0.15) is 6.61 Å². The number of nitrogens with two attached hydrogens (primary N) is 1. The third-order valence-corrected chi connectivity index (χ3v) is 4.47. The summed E-state index contributed by atoms with van der Waals surface area (Å²) in [6, 6.07) is 5.62.